The van der Waals surface area contributed by atoms with E-state index in [4.69, 9.17) is 9.47 Å². The van der Waals surface area contributed by atoms with Crippen LogP contribution < -0.4 is 14.8 Å². The van der Waals surface area contributed by atoms with Crippen LogP contribution in [-0.2, 0) is 13.1 Å². The molecule has 0 saturated carbocycles. The number of benzene rings is 1. The smallest absolute Gasteiger partial charge is 0.127 e. The molecule has 1 atom stereocenters. The van der Waals surface area contributed by atoms with Crippen LogP contribution >= 0.6 is 0 Å². The SMILES string of the molecule is CCn1cc(C(C)NCc2c(OC)cccc2OC)c(C)n1. The molecule has 2 aromatic rings. The van der Waals surface area contributed by atoms with E-state index in [0.29, 0.717) is 6.54 Å². The molecular weight excluding hydrogens is 278 g/mol. The molecule has 1 aromatic carbocycles. The highest BCUT2D eigenvalue weighted by atomic mass is 16.5. The lowest BCUT2D eigenvalue weighted by atomic mass is 10.1. The summed E-state index contributed by atoms with van der Waals surface area (Å²) in [5, 5.41) is 8.03. The van der Waals surface area contributed by atoms with Gasteiger partial charge in [-0.3, -0.25) is 4.68 Å². The molecule has 0 amide bonds. The number of hydrogen-bond acceptors (Lipinski definition) is 4. The van der Waals surface area contributed by atoms with Crippen molar-refractivity contribution in [1.82, 2.24) is 15.1 Å². The Morgan fingerprint density at radius 2 is 1.86 bits per heavy atom. The van der Waals surface area contributed by atoms with Crippen molar-refractivity contribution in [3.63, 3.8) is 0 Å². The molecule has 22 heavy (non-hydrogen) atoms. The molecule has 120 valence electrons. The van der Waals surface area contributed by atoms with Gasteiger partial charge in [-0.25, -0.2) is 0 Å². The van der Waals surface area contributed by atoms with Crippen molar-refractivity contribution in [2.24, 2.45) is 0 Å². The predicted octanol–water partition coefficient (Wildman–Crippen LogP) is 3.08. The van der Waals surface area contributed by atoms with E-state index in [2.05, 4.69) is 30.5 Å². The van der Waals surface area contributed by atoms with E-state index >= 15 is 0 Å². The Kier molecular flexibility index (Phi) is 5.44. The van der Waals surface area contributed by atoms with Gasteiger partial charge in [-0.2, -0.15) is 5.10 Å². The first-order valence-electron chi connectivity index (χ1n) is 7.57. The minimum absolute atomic E-state index is 0.204. The van der Waals surface area contributed by atoms with Gasteiger partial charge in [0.25, 0.3) is 0 Å². The Morgan fingerprint density at radius 1 is 1.23 bits per heavy atom. The van der Waals surface area contributed by atoms with Crippen molar-refractivity contribution in [1.29, 1.82) is 0 Å². The number of methoxy groups -OCH3 is 2. The first kappa shape index (κ1) is 16.4. The quantitative estimate of drug-likeness (QED) is 0.854. The topological polar surface area (TPSA) is 48.3 Å². The zero-order chi connectivity index (χ0) is 16.1. The molecule has 0 bridgehead atoms. The summed E-state index contributed by atoms with van der Waals surface area (Å²) >= 11 is 0. The summed E-state index contributed by atoms with van der Waals surface area (Å²) in [5.41, 5.74) is 3.31. The maximum absolute atomic E-state index is 5.43. The first-order chi connectivity index (χ1) is 10.6. The van der Waals surface area contributed by atoms with Gasteiger partial charge in [-0.1, -0.05) is 6.07 Å². The van der Waals surface area contributed by atoms with Crippen molar-refractivity contribution < 1.29 is 9.47 Å². The molecule has 1 unspecified atom stereocenters. The van der Waals surface area contributed by atoms with Crippen LogP contribution in [0.2, 0.25) is 0 Å². The third-order valence-corrected chi connectivity index (χ3v) is 3.89. The average molecular weight is 303 g/mol. The van der Waals surface area contributed by atoms with Crippen LogP contribution in [0.25, 0.3) is 0 Å². The van der Waals surface area contributed by atoms with E-state index < -0.39 is 0 Å². The van der Waals surface area contributed by atoms with Gasteiger partial charge in [0.2, 0.25) is 0 Å². The second-order valence-electron chi connectivity index (χ2n) is 5.27. The van der Waals surface area contributed by atoms with Gasteiger partial charge in [-0.15, -0.1) is 0 Å². The van der Waals surface area contributed by atoms with Gasteiger partial charge in [-0.05, 0) is 32.9 Å². The molecule has 5 nitrogen and oxygen atoms in total. The molecule has 1 heterocycles. The molecule has 0 fully saturated rings. The Labute approximate surface area is 132 Å². The predicted molar refractivity (Wildman–Crippen MR) is 87.4 cm³/mol. The van der Waals surface area contributed by atoms with Crippen LogP contribution in [0.1, 0.15) is 36.7 Å². The van der Waals surface area contributed by atoms with Crippen molar-refractivity contribution in [2.45, 2.75) is 39.9 Å². The second kappa shape index (κ2) is 7.31. The van der Waals surface area contributed by atoms with Crippen molar-refractivity contribution in [3.8, 4) is 11.5 Å². The highest BCUT2D eigenvalue weighted by Gasteiger charge is 2.15. The fourth-order valence-electron chi connectivity index (χ4n) is 2.59. The standard InChI is InChI=1S/C17H25N3O2/c1-6-20-11-15(13(3)19-20)12(2)18-10-14-16(21-4)8-7-9-17(14)22-5/h7-9,11-12,18H,6,10H2,1-5H3. The van der Waals surface area contributed by atoms with Gasteiger partial charge in [0.1, 0.15) is 11.5 Å². The van der Waals surface area contributed by atoms with Gasteiger partial charge in [0.15, 0.2) is 0 Å². The normalized spacial score (nSPS) is 12.2. The lowest BCUT2D eigenvalue weighted by molar-refractivity contribution is 0.380. The fourth-order valence-corrected chi connectivity index (χ4v) is 2.59. The zero-order valence-corrected chi connectivity index (χ0v) is 14.0. The van der Waals surface area contributed by atoms with Crippen LogP contribution in [0.4, 0.5) is 0 Å². The summed E-state index contributed by atoms with van der Waals surface area (Å²) < 4.78 is 12.8. The second-order valence-corrected chi connectivity index (χ2v) is 5.27. The van der Waals surface area contributed by atoms with E-state index in [1.54, 1.807) is 14.2 Å². The maximum atomic E-state index is 5.43. The highest BCUT2D eigenvalue weighted by Crippen LogP contribution is 2.29. The van der Waals surface area contributed by atoms with Gasteiger partial charge in [0, 0.05) is 36.5 Å². The monoisotopic (exact) mass is 303 g/mol. The maximum Gasteiger partial charge on any atom is 0.127 e. The summed E-state index contributed by atoms with van der Waals surface area (Å²) in [5.74, 6) is 1.67. The number of aryl methyl sites for hydroxylation is 2. The molecule has 0 aliphatic carbocycles. The van der Waals surface area contributed by atoms with E-state index in [0.717, 1.165) is 29.3 Å². The number of nitrogens with zero attached hydrogens (tertiary/aromatic N) is 2. The molecule has 0 radical (unpaired) electrons. The van der Waals surface area contributed by atoms with E-state index in [9.17, 15) is 0 Å². The average Bonchev–Trinajstić information content (AvgIpc) is 2.93. The lowest BCUT2D eigenvalue weighted by Crippen LogP contribution is -2.19. The Bertz CT molecular complexity index is 600. The molecule has 0 saturated heterocycles. The molecular formula is C17H25N3O2. The number of aromatic nitrogens is 2. The van der Waals surface area contributed by atoms with Crippen LogP contribution in [0.3, 0.4) is 0 Å². The van der Waals surface area contributed by atoms with Gasteiger partial charge in [0.05, 0.1) is 19.9 Å². The molecule has 5 heteroatoms. The third kappa shape index (κ3) is 3.42. The zero-order valence-electron chi connectivity index (χ0n) is 14.0. The van der Waals surface area contributed by atoms with Crippen LogP contribution in [0.5, 0.6) is 11.5 Å². The largest absolute Gasteiger partial charge is 0.496 e. The van der Waals surface area contributed by atoms with Gasteiger partial charge >= 0.3 is 0 Å². The fraction of sp³-hybridized carbons (Fsp3) is 0.471. The van der Waals surface area contributed by atoms with Crippen LogP contribution in [-0.4, -0.2) is 24.0 Å². The molecule has 0 aliphatic rings. The highest BCUT2D eigenvalue weighted by molar-refractivity contribution is 5.44. The summed E-state index contributed by atoms with van der Waals surface area (Å²) in [4.78, 5) is 0. The first-order valence-corrected chi connectivity index (χ1v) is 7.57. The molecule has 0 spiro atoms. The Morgan fingerprint density at radius 3 is 2.36 bits per heavy atom. The number of ether oxygens (including phenoxy) is 2. The van der Waals surface area contributed by atoms with E-state index in [-0.39, 0.29) is 6.04 Å². The third-order valence-electron chi connectivity index (χ3n) is 3.89. The molecule has 0 aliphatic heterocycles. The number of hydrogen-bond donors (Lipinski definition) is 1. The molecule has 1 N–H and O–H groups in total. The van der Waals surface area contributed by atoms with Crippen molar-refractivity contribution in [3.05, 3.63) is 41.2 Å². The summed E-state index contributed by atoms with van der Waals surface area (Å²) in [6.45, 7) is 7.84. The summed E-state index contributed by atoms with van der Waals surface area (Å²) in [7, 11) is 3.36. The summed E-state index contributed by atoms with van der Waals surface area (Å²) in [6.07, 6.45) is 2.10. The van der Waals surface area contributed by atoms with Gasteiger partial charge < -0.3 is 14.8 Å². The Balaban J connectivity index is 2.14. The van der Waals surface area contributed by atoms with Crippen molar-refractivity contribution >= 4 is 0 Å². The van der Waals surface area contributed by atoms with E-state index in [1.165, 1.54) is 5.56 Å². The minimum atomic E-state index is 0.204. The number of rotatable bonds is 7. The molecule has 2 rings (SSSR count). The Hall–Kier alpha value is -2.01. The molecule has 1 aromatic heterocycles. The minimum Gasteiger partial charge on any atom is -0.496 e. The van der Waals surface area contributed by atoms with Crippen LogP contribution in [0, 0.1) is 6.92 Å². The van der Waals surface area contributed by atoms with Crippen LogP contribution in [0.15, 0.2) is 24.4 Å². The number of nitrogens with one attached hydrogen (secondary N) is 1. The van der Waals surface area contributed by atoms with E-state index in [1.807, 2.05) is 29.8 Å². The lowest BCUT2D eigenvalue weighted by Gasteiger charge is -2.17. The van der Waals surface area contributed by atoms with Crippen molar-refractivity contribution in [2.75, 3.05) is 14.2 Å². The summed E-state index contributed by atoms with van der Waals surface area (Å²) in [6, 6.07) is 6.03.